The maximum atomic E-state index is 13.5. The molecule has 146 valence electrons. The zero-order valence-corrected chi connectivity index (χ0v) is 17.6. The third-order valence-electron chi connectivity index (χ3n) is 5.42. The van der Waals surface area contributed by atoms with Crippen LogP contribution >= 0.6 is 23.1 Å². The number of hydrogen-bond acceptors (Lipinski definition) is 5. The van der Waals surface area contributed by atoms with Crippen molar-refractivity contribution >= 4 is 29.0 Å². The lowest BCUT2D eigenvalue weighted by molar-refractivity contribution is 0.0649. The average molecular weight is 405 g/mol. The zero-order valence-electron chi connectivity index (χ0n) is 16.0. The molecule has 0 aliphatic carbocycles. The van der Waals surface area contributed by atoms with Crippen molar-refractivity contribution in [2.75, 3.05) is 37.7 Å². The molecule has 27 heavy (non-hydrogen) atoms. The van der Waals surface area contributed by atoms with E-state index < -0.39 is 0 Å². The van der Waals surface area contributed by atoms with Crippen molar-refractivity contribution in [2.45, 2.75) is 38.6 Å². The molecule has 4 rings (SSSR count). The summed E-state index contributed by atoms with van der Waals surface area (Å²) in [6.45, 7) is 6.20. The molecule has 2 aromatic rings. The molecule has 1 amide bonds. The van der Waals surface area contributed by atoms with Crippen molar-refractivity contribution in [3.63, 3.8) is 0 Å². The van der Waals surface area contributed by atoms with Gasteiger partial charge in [-0.25, -0.2) is 4.98 Å². The summed E-state index contributed by atoms with van der Waals surface area (Å²) in [4.78, 5) is 23.6. The number of aromatic nitrogens is 2. The molecule has 0 spiro atoms. The van der Waals surface area contributed by atoms with Crippen LogP contribution in [0, 0.1) is 6.92 Å². The van der Waals surface area contributed by atoms with Crippen LogP contribution in [0.15, 0.2) is 24.5 Å². The summed E-state index contributed by atoms with van der Waals surface area (Å²) < 4.78 is 1.98. The Morgan fingerprint density at radius 1 is 1.15 bits per heavy atom. The van der Waals surface area contributed by atoms with Crippen LogP contribution in [0.25, 0.3) is 5.13 Å². The Hall–Kier alpha value is -1.31. The molecule has 2 aliphatic heterocycles. The van der Waals surface area contributed by atoms with Gasteiger partial charge in [0.25, 0.3) is 5.91 Å². The van der Waals surface area contributed by atoms with Crippen LogP contribution in [-0.4, -0.2) is 69.0 Å². The van der Waals surface area contributed by atoms with E-state index in [1.54, 1.807) is 0 Å². The van der Waals surface area contributed by atoms with Gasteiger partial charge in [0.2, 0.25) is 0 Å². The van der Waals surface area contributed by atoms with Crippen LogP contribution in [-0.2, 0) is 0 Å². The van der Waals surface area contributed by atoms with Gasteiger partial charge >= 0.3 is 0 Å². The number of rotatable bonds is 4. The van der Waals surface area contributed by atoms with Crippen LogP contribution in [0.5, 0.6) is 0 Å². The van der Waals surface area contributed by atoms with E-state index in [-0.39, 0.29) is 5.91 Å². The number of thioether (sulfide) groups is 1. The van der Waals surface area contributed by atoms with Crippen molar-refractivity contribution in [2.24, 2.45) is 0 Å². The number of thiazole rings is 1. The summed E-state index contributed by atoms with van der Waals surface area (Å²) in [6.07, 6.45) is 8.97. The number of likely N-dealkylation sites (tertiary alicyclic amines) is 1. The Morgan fingerprint density at radius 3 is 2.70 bits per heavy atom. The zero-order chi connectivity index (χ0) is 18.6. The van der Waals surface area contributed by atoms with Crippen molar-refractivity contribution in [3.8, 4) is 5.13 Å². The molecular formula is C20H28N4OS2. The van der Waals surface area contributed by atoms with E-state index in [4.69, 9.17) is 0 Å². The third kappa shape index (κ3) is 4.41. The minimum Gasteiger partial charge on any atom is -0.333 e. The van der Waals surface area contributed by atoms with E-state index in [1.165, 1.54) is 43.7 Å². The Kier molecular flexibility index (Phi) is 6.20. The SMILES string of the molecule is Cc1nc(-n2cccc2)sc1C(=O)N1CCCSCC1CN1CCCCC1. The molecule has 0 aromatic carbocycles. The topological polar surface area (TPSA) is 41.4 Å². The maximum Gasteiger partial charge on any atom is 0.266 e. The number of aryl methyl sites for hydroxylation is 1. The summed E-state index contributed by atoms with van der Waals surface area (Å²) in [5.41, 5.74) is 0.849. The van der Waals surface area contributed by atoms with Crippen molar-refractivity contribution < 1.29 is 4.79 Å². The molecule has 0 saturated carbocycles. The fraction of sp³-hybridized carbons (Fsp3) is 0.600. The fourth-order valence-corrected chi connectivity index (χ4v) is 6.02. The van der Waals surface area contributed by atoms with Crippen LogP contribution in [0.2, 0.25) is 0 Å². The molecule has 0 N–H and O–H groups in total. The predicted molar refractivity (Wildman–Crippen MR) is 113 cm³/mol. The molecule has 2 aliphatic rings. The molecular weight excluding hydrogens is 376 g/mol. The number of piperidine rings is 1. The number of amides is 1. The van der Waals surface area contributed by atoms with Crippen LogP contribution < -0.4 is 0 Å². The highest BCUT2D eigenvalue weighted by molar-refractivity contribution is 7.99. The monoisotopic (exact) mass is 404 g/mol. The van der Waals surface area contributed by atoms with Gasteiger partial charge in [0.05, 0.1) is 11.7 Å². The van der Waals surface area contributed by atoms with Gasteiger partial charge < -0.3 is 14.4 Å². The minimum absolute atomic E-state index is 0.174. The van der Waals surface area contributed by atoms with E-state index in [1.807, 2.05) is 47.8 Å². The lowest BCUT2D eigenvalue weighted by Crippen LogP contribution is -2.49. The molecule has 1 unspecified atom stereocenters. The largest absolute Gasteiger partial charge is 0.333 e. The molecule has 0 radical (unpaired) electrons. The van der Waals surface area contributed by atoms with Crippen LogP contribution in [0.4, 0.5) is 0 Å². The second-order valence-electron chi connectivity index (χ2n) is 7.44. The van der Waals surface area contributed by atoms with Crippen molar-refractivity contribution in [1.29, 1.82) is 0 Å². The number of hydrogen-bond donors (Lipinski definition) is 0. The molecule has 0 bridgehead atoms. The predicted octanol–water partition coefficient (Wildman–Crippen LogP) is 3.68. The molecule has 2 aromatic heterocycles. The van der Waals surface area contributed by atoms with E-state index in [0.717, 1.165) is 46.7 Å². The second kappa shape index (κ2) is 8.80. The summed E-state index contributed by atoms with van der Waals surface area (Å²) >= 11 is 3.51. The highest BCUT2D eigenvalue weighted by Crippen LogP contribution is 2.27. The van der Waals surface area contributed by atoms with Gasteiger partial charge in [-0.3, -0.25) is 4.79 Å². The first-order valence-electron chi connectivity index (χ1n) is 9.94. The first-order chi connectivity index (χ1) is 13.2. The molecule has 1 atom stereocenters. The minimum atomic E-state index is 0.174. The lowest BCUT2D eigenvalue weighted by atomic mass is 10.1. The van der Waals surface area contributed by atoms with Gasteiger partial charge in [-0.05, 0) is 57.2 Å². The van der Waals surface area contributed by atoms with E-state index in [2.05, 4.69) is 14.8 Å². The van der Waals surface area contributed by atoms with Crippen molar-refractivity contribution in [3.05, 3.63) is 35.1 Å². The normalized spacial score (nSPS) is 22.0. The van der Waals surface area contributed by atoms with Gasteiger partial charge in [0, 0.05) is 31.2 Å². The average Bonchev–Trinajstić information content (AvgIpc) is 3.28. The Morgan fingerprint density at radius 2 is 1.93 bits per heavy atom. The van der Waals surface area contributed by atoms with Gasteiger partial charge in [0.1, 0.15) is 4.88 Å². The summed E-state index contributed by atoms with van der Waals surface area (Å²) in [6, 6.07) is 4.28. The third-order valence-corrected chi connectivity index (χ3v) is 7.78. The highest BCUT2D eigenvalue weighted by Gasteiger charge is 2.30. The first-order valence-corrected chi connectivity index (χ1v) is 11.9. The van der Waals surface area contributed by atoms with Crippen LogP contribution in [0.1, 0.15) is 41.0 Å². The van der Waals surface area contributed by atoms with E-state index >= 15 is 0 Å². The summed E-state index contributed by atoms with van der Waals surface area (Å²) in [5, 5.41) is 0.873. The lowest BCUT2D eigenvalue weighted by Gasteiger charge is -2.35. The smallest absolute Gasteiger partial charge is 0.266 e. The van der Waals surface area contributed by atoms with Crippen molar-refractivity contribution in [1.82, 2.24) is 19.4 Å². The fourth-order valence-electron chi connectivity index (χ4n) is 3.97. The molecule has 2 saturated heterocycles. The first kappa shape index (κ1) is 19.0. The standard InChI is InChI=1S/C20H28N4OS2/c1-16-18(27-20(21-16)23-10-5-6-11-23)19(25)24-12-7-13-26-15-17(24)14-22-8-3-2-4-9-22/h5-6,10-11,17H,2-4,7-9,12-15H2,1H3. The Balaban J connectivity index is 1.54. The van der Waals surface area contributed by atoms with E-state index in [0.29, 0.717) is 6.04 Å². The summed E-state index contributed by atoms with van der Waals surface area (Å²) in [5.74, 6) is 2.37. The van der Waals surface area contributed by atoms with Gasteiger partial charge in [-0.15, -0.1) is 0 Å². The molecule has 7 heteroatoms. The van der Waals surface area contributed by atoms with Gasteiger partial charge in [-0.2, -0.15) is 11.8 Å². The highest BCUT2D eigenvalue weighted by atomic mass is 32.2. The Bertz CT molecular complexity index is 752. The maximum absolute atomic E-state index is 13.5. The quantitative estimate of drug-likeness (QED) is 0.780. The number of nitrogens with zero attached hydrogens (tertiary/aromatic N) is 4. The molecule has 5 nitrogen and oxygen atoms in total. The molecule has 4 heterocycles. The van der Waals surface area contributed by atoms with Gasteiger partial charge in [-0.1, -0.05) is 17.8 Å². The second-order valence-corrected chi connectivity index (χ2v) is 9.57. The Labute approximate surface area is 169 Å². The summed E-state index contributed by atoms with van der Waals surface area (Å²) in [7, 11) is 0. The van der Waals surface area contributed by atoms with Gasteiger partial charge in [0.15, 0.2) is 5.13 Å². The number of carbonyl (C=O) groups is 1. The van der Waals surface area contributed by atoms with Crippen LogP contribution in [0.3, 0.4) is 0 Å². The van der Waals surface area contributed by atoms with E-state index in [9.17, 15) is 4.79 Å². The number of carbonyl (C=O) groups excluding carboxylic acids is 1. The molecule has 2 fully saturated rings.